The zero-order valence-electron chi connectivity index (χ0n) is 16.5. The van der Waals surface area contributed by atoms with Crippen LogP contribution >= 0.6 is 22.9 Å². The fourth-order valence-corrected chi connectivity index (χ4v) is 6.31. The number of nitrogens with zero attached hydrogens (tertiary/aromatic N) is 5. The number of hydrogen-bond acceptors (Lipinski definition) is 7. The Balaban J connectivity index is 1.55. The normalized spacial score (nSPS) is 23.3. The highest BCUT2D eigenvalue weighted by molar-refractivity contribution is 7.19. The van der Waals surface area contributed by atoms with E-state index in [2.05, 4.69) is 20.1 Å². The molecule has 0 unspecified atom stereocenters. The first kappa shape index (κ1) is 18.3. The van der Waals surface area contributed by atoms with Crippen LogP contribution in [0, 0.1) is 6.92 Å². The topological polar surface area (TPSA) is 106 Å². The van der Waals surface area contributed by atoms with Crippen molar-refractivity contribution in [2.24, 2.45) is 12.8 Å². The van der Waals surface area contributed by atoms with Gasteiger partial charge >= 0.3 is 0 Å². The molecule has 154 valence electrons. The maximum absolute atomic E-state index is 13.4. The quantitative estimate of drug-likeness (QED) is 0.495. The van der Waals surface area contributed by atoms with Crippen molar-refractivity contribution in [1.29, 1.82) is 0 Å². The Bertz CT molecular complexity index is 1390. The number of nitrogens with one attached hydrogen (secondary N) is 1. The van der Waals surface area contributed by atoms with E-state index in [0.717, 1.165) is 40.1 Å². The van der Waals surface area contributed by atoms with Gasteiger partial charge in [-0.3, -0.25) is 14.5 Å². The Hall–Kier alpha value is -2.49. The van der Waals surface area contributed by atoms with E-state index in [4.69, 9.17) is 22.3 Å². The van der Waals surface area contributed by atoms with Crippen LogP contribution in [0.15, 0.2) is 16.9 Å². The summed E-state index contributed by atoms with van der Waals surface area (Å²) in [5.74, 6) is 0.644. The van der Waals surface area contributed by atoms with E-state index >= 15 is 0 Å². The Morgan fingerprint density at radius 3 is 2.87 bits per heavy atom. The number of benzene rings is 1. The van der Waals surface area contributed by atoms with Crippen LogP contribution in [0.25, 0.3) is 32.5 Å². The summed E-state index contributed by atoms with van der Waals surface area (Å²) in [7, 11) is 1.77. The summed E-state index contributed by atoms with van der Waals surface area (Å²) in [5, 5.41) is 9.33. The summed E-state index contributed by atoms with van der Waals surface area (Å²) in [6.07, 6.45) is 3.06. The lowest BCUT2D eigenvalue weighted by atomic mass is 9.97. The molecule has 30 heavy (non-hydrogen) atoms. The standard InChI is InChI=1S/C20H20ClN7OS/c1-8-23-12-5-4-10(15(21)17(12)30-8)16-14-18(26-25-16)24-20(27(2)19(14)29)28-9-3-6-13(28)11(22)7-9/h4-5,9,11,13H,3,6-7,22H2,1-2H3,(H,25,26)/t9-,11+,13+/m0/s1. The highest BCUT2D eigenvalue weighted by Gasteiger charge is 2.46. The first-order valence-corrected chi connectivity index (χ1v) is 11.2. The predicted octanol–water partition coefficient (Wildman–Crippen LogP) is 2.96. The Morgan fingerprint density at radius 2 is 2.13 bits per heavy atom. The summed E-state index contributed by atoms with van der Waals surface area (Å²) in [5.41, 5.74) is 8.72. The molecule has 0 radical (unpaired) electrons. The van der Waals surface area contributed by atoms with E-state index in [-0.39, 0.29) is 17.6 Å². The molecule has 1 aromatic carbocycles. The van der Waals surface area contributed by atoms with Crippen LogP contribution in [0.2, 0.25) is 5.02 Å². The third-order valence-electron chi connectivity index (χ3n) is 6.46. The molecule has 5 heterocycles. The molecule has 3 N–H and O–H groups in total. The van der Waals surface area contributed by atoms with Crippen molar-refractivity contribution in [2.45, 2.75) is 44.3 Å². The van der Waals surface area contributed by atoms with E-state index in [0.29, 0.717) is 33.7 Å². The van der Waals surface area contributed by atoms with E-state index in [1.54, 1.807) is 11.6 Å². The van der Waals surface area contributed by atoms with Crippen LogP contribution in [-0.2, 0) is 7.05 Å². The minimum atomic E-state index is -0.143. The van der Waals surface area contributed by atoms with Gasteiger partial charge < -0.3 is 10.6 Å². The molecule has 3 atom stereocenters. The van der Waals surface area contributed by atoms with E-state index < -0.39 is 0 Å². The lowest BCUT2D eigenvalue weighted by molar-refractivity contribution is 0.503. The summed E-state index contributed by atoms with van der Waals surface area (Å²) >= 11 is 8.24. The van der Waals surface area contributed by atoms with Gasteiger partial charge in [-0.1, -0.05) is 11.6 Å². The van der Waals surface area contributed by atoms with Crippen LogP contribution in [0.5, 0.6) is 0 Å². The fraction of sp³-hybridized carbons (Fsp3) is 0.400. The van der Waals surface area contributed by atoms with Gasteiger partial charge in [0.15, 0.2) is 5.65 Å². The molecule has 2 saturated heterocycles. The lowest BCUT2D eigenvalue weighted by Gasteiger charge is -2.25. The zero-order chi connectivity index (χ0) is 20.7. The van der Waals surface area contributed by atoms with E-state index in [1.165, 1.54) is 11.3 Å². The highest BCUT2D eigenvalue weighted by Crippen LogP contribution is 2.41. The summed E-state index contributed by atoms with van der Waals surface area (Å²) in [6, 6.07) is 4.49. The van der Waals surface area contributed by atoms with Crippen LogP contribution in [0.4, 0.5) is 5.95 Å². The van der Waals surface area contributed by atoms with Gasteiger partial charge in [-0.15, -0.1) is 11.3 Å². The predicted molar refractivity (Wildman–Crippen MR) is 119 cm³/mol. The Labute approximate surface area is 180 Å². The van der Waals surface area contributed by atoms with Crippen LogP contribution in [-0.4, -0.2) is 42.9 Å². The molecular formula is C20H20ClN7OS. The van der Waals surface area contributed by atoms with Crippen LogP contribution in [0.1, 0.15) is 24.3 Å². The van der Waals surface area contributed by atoms with Gasteiger partial charge in [0.1, 0.15) is 5.39 Å². The number of H-pyrrole nitrogens is 1. The largest absolute Gasteiger partial charge is 0.335 e. The molecule has 10 heteroatoms. The number of aryl methyl sites for hydroxylation is 1. The molecule has 0 saturated carbocycles. The molecule has 0 spiro atoms. The number of nitrogens with two attached hydrogens (primary N) is 1. The summed E-state index contributed by atoms with van der Waals surface area (Å²) in [6.45, 7) is 1.95. The number of fused-ring (bicyclic) bond motifs is 4. The van der Waals surface area contributed by atoms with Crippen molar-refractivity contribution in [3.8, 4) is 11.3 Å². The SMILES string of the molecule is Cc1nc2ccc(-c3[nH]nc4nc(N5[C@H]6CC[C@@H]5[C@H](N)C6)n(C)c(=O)c34)c(Cl)c2s1. The van der Waals surface area contributed by atoms with Gasteiger partial charge in [0.25, 0.3) is 5.56 Å². The van der Waals surface area contributed by atoms with Crippen molar-refractivity contribution in [3.63, 3.8) is 0 Å². The van der Waals surface area contributed by atoms with Crippen molar-refractivity contribution in [2.75, 3.05) is 4.90 Å². The lowest BCUT2D eigenvalue weighted by Crippen LogP contribution is -2.40. The Kier molecular flexibility index (Phi) is 3.82. The van der Waals surface area contributed by atoms with Gasteiger partial charge in [0, 0.05) is 30.7 Å². The monoisotopic (exact) mass is 441 g/mol. The molecule has 0 amide bonds. The van der Waals surface area contributed by atoms with Crippen LogP contribution in [0.3, 0.4) is 0 Å². The van der Waals surface area contributed by atoms with Crippen molar-refractivity contribution >= 4 is 50.1 Å². The second kappa shape index (κ2) is 6.26. The maximum atomic E-state index is 13.4. The average molecular weight is 442 g/mol. The molecule has 2 aliphatic rings. The molecular weight excluding hydrogens is 422 g/mol. The number of halogens is 1. The molecule has 4 aromatic rings. The van der Waals surface area contributed by atoms with Crippen LogP contribution < -0.4 is 16.2 Å². The maximum Gasteiger partial charge on any atom is 0.266 e. The number of aromatic amines is 1. The van der Waals surface area contributed by atoms with Gasteiger partial charge in [0.2, 0.25) is 5.95 Å². The Morgan fingerprint density at radius 1 is 1.30 bits per heavy atom. The number of aromatic nitrogens is 5. The fourth-order valence-electron chi connectivity index (χ4n) is 5.08. The van der Waals surface area contributed by atoms with E-state index in [9.17, 15) is 4.79 Å². The van der Waals surface area contributed by atoms with Crippen molar-refractivity contribution in [3.05, 3.63) is 32.5 Å². The highest BCUT2D eigenvalue weighted by atomic mass is 35.5. The number of hydrogen-bond donors (Lipinski definition) is 2. The minimum absolute atomic E-state index is 0.125. The number of thiazole rings is 1. The summed E-state index contributed by atoms with van der Waals surface area (Å²) < 4.78 is 2.52. The molecule has 0 aliphatic carbocycles. The third-order valence-corrected chi connectivity index (χ3v) is 7.97. The molecule has 3 aromatic heterocycles. The first-order valence-electron chi connectivity index (χ1n) is 9.99. The molecule has 6 rings (SSSR count). The van der Waals surface area contributed by atoms with Gasteiger partial charge in [0.05, 0.1) is 25.9 Å². The molecule has 8 nitrogen and oxygen atoms in total. The minimum Gasteiger partial charge on any atom is -0.335 e. The zero-order valence-corrected chi connectivity index (χ0v) is 18.1. The third kappa shape index (κ3) is 2.36. The van der Waals surface area contributed by atoms with Crippen molar-refractivity contribution in [1.82, 2.24) is 24.7 Å². The molecule has 2 fully saturated rings. The molecule has 2 aliphatic heterocycles. The smallest absolute Gasteiger partial charge is 0.266 e. The van der Waals surface area contributed by atoms with Gasteiger partial charge in [-0.25, -0.2) is 4.98 Å². The van der Waals surface area contributed by atoms with Gasteiger partial charge in [-0.2, -0.15) is 10.1 Å². The number of rotatable bonds is 2. The average Bonchev–Trinajstić information content (AvgIpc) is 3.46. The summed E-state index contributed by atoms with van der Waals surface area (Å²) in [4.78, 5) is 24.9. The van der Waals surface area contributed by atoms with Gasteiger partial charge in [-0.05, 0) is 38.3 Å². The van der Waals surface area contributed by atoms with E-state index in [1.807, 2.05) is 19.1 Å². The second-order valence-corrected chi connectivity index (χ2v) is 9.77. The first-order chi connectivity index (χ1) is 14.4. The second-order valence-electron chi connectivity index (χ2n) is 8.19. The molecule has 2 bridgehead atoms. The van der Waals surface area contributed by atoms with Crippen molar-refractivity contribution < 1.29 is 0 Å². The number of anilines is 1.